The number of unbranched alkanes of at least 4 members (excludes halogenated alkanes) is 13. The molecule has 32 heavy (non-hydrogen) atoms. The van der Waals surface area contributed by atoms with Gasteiger partial charge in [0, 0.05) is 0 Å². The summed E-state index contributed by atoms with van der Waals surface area (Å²) in [5.74, 6) is 1.56. The molecule has 0 aliphatic heterocycles. The maximum Gasteiger partial charge on any atom is -0.0259 e. The molecule has 0 aromatic rings. The van der Waals surface area contributed by atoms with E-state index in [-0.39, 0.29) is 0 Å². The van der Waals surface area contributed by atoms with Crippen molar-refractivity contribution in [2.75, 3.05) is 0 Å². The second-order valence-electron chi connectivity index (χ2n) is 10.6. The normalized spacial score (nSPS) is 13.5. The Bertz CT molecular complexity index is 429. The molecule has 188 valence electrons. The predicted molar refractivity (Wildman–Crippen MR) is 149 cm³/mol. The van der Waals surface area contributed by atoms with Gasteiger partial charge in [-0.3, -0.25) is 0 Å². The third-order valence-electron chi connectivity index (χ3n) is 6.94. The molecule has 0 aliphatic carbocycles. The molecule has 0 aromatic heterocycles. The van der Waals surface area contributed by atoms with Gasteiger partial charge in [0.05, 0.1) is 0 Å². The Morgan fingerprint density at radius 1 is 0.719 bits per heavy atom. The molecule has 0 aliphatic rings. The average molecular weight is 445 g/mol. The van der Waals surface area contributed by atoms with Crippen LogP contribution in [0.15, 0.2) is 37.0 Å². The van der Waals surface area contributed by atoms with Crippen LogP contribution in [-0.2, 0) is 0 Å². The summed E-state index contributed by atoms with van der Waals surface area (Å²) in [6, 6.07) is 0. The van der Waals surface area contributed by atoms with Gasteiger partial charge in [0.2, 0.25) is 0 Å². The van der Waals surface area contributed by atoms with Crippen molar-refractivity contribution in [1.29, 1.82) is 0 Å². The van der Waals surface area contributed by atoms with E-state index in [4.69, 9.17) is 0 Å². The maximum absolute atomic E-state index is 4.09. The number of hydrogen-bond donors (Lipinski definition) is 0. The summed E-state index contributed by atoms with van der Waals surface area (Å²) < 4.78 is 0. The zero-order valence-corrected chi connectivity index (χ0v) is 22.7. The first-order valence-electron chi connectivity index (χ1n) is 14.5. The van der Waals surface area contributed by atoms with Gasteiger partial charge in [-0.1, -0.05) is 134 Å². The van der Waals surface area contributed by atoms with Crippen LogP contribution in [0.4, 0.5) is 0 Å². The first-order chi connectivity index (χ1) is 15.6. The van der Waals surface area contributed by atoms with Crippen molar-refractivity contribution < 1.29 is 0 Å². The Morgan fingerprint density at radius 3 is 1.72 bits per heavy atom. The second-order valence-corrected chi connectivity index (χ2v) is 10.6. The molecule has 0 rings (SSSR count). The van der Waals surface area contributed by atoms with Crippen LogP contribution in [0.5, 0.6) is 0 Å². The smallest absolute Gasteiger partial charge is 0.0259 e. The lowest BCUT2D eigenvalue weighted by molar-refractivity contribution is 0.414. The van der Waals surface area contributed by atoms with E-state index in [9.17, 15) is 0 Å². The fourth-order valence-electron chi connectivity index (χ4n) is 4.68. The van der Waals surface area contributed by atoms with Crippen molar-refractivity contribution in [3.8, 4) is 0 Å². The van der Waals surface area contributed by atoms with Crippen LogP contribution in [0, 0.1) is 11.8 Å². The molecular weight excluding hydrogens is 384 g/mol. The molecule has 0 spiro atoms. The van der Waals surface area contributed by atoms with Gasteiger partial charge in [-0.25, -0.2) is 0 Å². The molecule has 0 saturated carbocycles. The molecule has 2 atom stereocenters. The fourth-order valence-corrected chi connectivity index (χ4v) is 4.68. The molecule has 0 N–H and O–H groups in total. The lowest BCUT2D eigenvalue weighted by atomic mass is 9.90. The highest BCUT2D eigenvalue weighted by Gasteiger charge is 2.07. The lowest BCUT2D eigenvalue weighted by Gasteiger charge is -2.15. The summed E-state index contributed by atoms with van der Waals surface area (Å²) >= 11 is 0. The lowest BCUT2D eigenvalue weighted by Crippen LogP contribution is -2.00. The second kappa shape index (κ2) is 24.9. The van der Waals surface area contributed by atoms with E-state index in [1.54, 1.807) is 0 Å². The van der Waals surface area contributed by atoms with E-state index in [1.807, 2.05) is 6.08 Å². The molecule has 0 amide bonds. The van der Waals surface area contributed by atoms with Gasteiger partial charge in [0.15, 0.2) is 0 Å². The molecule has 0 radical (unpaired) electrons. The van der Waals surface area contributed by atoms with Gasteiger partial charge in [-0.05, 0) is 57.3 Å². The minimum absolute atomic E-state index is 0.685. The van der Waals surface area contributed by atoms with Crippen LogP contribution in [0.3, 0.4) is 0 Å². The summed E-state index contributed by atoms with van der Waals surface area (Å²) in [6.07, 6.45) is 36.2. The first kappa shape index (κ1) is 31.2. The maximum atomic E-state index is 4.09. The van der Waals surface area contributed by atoms with E-state index in [1.165, 1.54) is 134 Å². The fraction of sp³-hybridized carbons (Fsp3) is 0.812. The van der Waals surface area contributed by atoms with E-state index in [0.717, 1.165) is 12.3 Å². The summed E-state index contributed by atoms with van der Waals surface area (Å²) in [5, 5.41) is 0. The van der Waals surface area contributed by atoms with Gasteiger partial charge in [0.25, 0.3) is 0 Å². The zero-order valence-electron chi connectivity index (χ0n) is 22.7. The zero-order chi connectivity index (χ0) is 23.7. The van der Waals surface area contributed by atoms with E-state index < -0.39 is 0 Å². The van der Waals surface area contributed by atoms with Crippen molar-refractivity contribution >= 4 is 0 Å². The van der Waals surface area contributed by atoms with Gasteiger partial charge < -0.3 is 0 Å². The molecule has 0 fully saturated rings. The molecular formula is C32H60. The Morgan fingerprint density at radius 2 is 1.22 bits per heavy atom. The topological polar surface area (TPSA) is 0 Å². The predicted octanol–water partition coefficient (Wildman–Crippen LogP) is 11.8. The molecule has 0 nitrogen and oxygen atoms in total. The van der Waals surface area contributed by atoms with Gasteiger partial charge in [-0.15, -0.1) is 13.2 Å². The van der Waals surface area contributed by atoms with Crippen LogP contribution in [0.2, 0.25) is 0 Å². The summed E-state index contributed by atoms with van der Waals surface area (Å²) in [5.41, 5.74) is 1.34. The summed E-state index contributed by atoms with van der Waals surface area (Å²) in [7, 11) is 0. The van der Waals surface area contributed by atoms with E-state index in [2.05, 4.69) is 46.1 Å². The van der Waals surface area contributed by atoms with Crippen LogP contribution in [-0.4, -0.2) is 0 Å². The molecule has 2 unspecified atom stereocenters. The quantitative estimate of drug-likeness (QED) is 0.0969. The van der Waals surface area contributed by atoms with Crippen LogP contribution in [0.1, 0.15) is 156 Å². The largest absolute Gasteiger partial charge is 0.103 e. The van der Waals surface area contributed by atoms with Crippen LogP contribution < -0.4 is 0 Å². The van der Waals surface area contributed by atoms with E-state index in [0.29, 0.717) is 5.92 Å². The molecule has 0 heterocycles. The third kappa shape index (κ3) is 23.9. The minimum Gasteiger partial charge on any atom is -0.103 e. The van der Waals surface area contributed by atoms with Gasteiger partial charge >= 0.3 is 0 Å². The molecule has 0 saturated heterocycles. The van der Waals surface area contributed by atoms with Crippen LogP contribution in [0.25, 0.3) is 0 Å². The van der Waals surface area contributed by atoms with Gasteiger partial charge in [-0.2, -0.15) is 0 Å². The van der Waals surface area contributed by atoms with Crippen molar-refractivity contribution in [2.45, 2.75) is 156 Å². The van der Waals surface area contributed by atoms with Crippen molar-refractivity contribution in [1.82, 2.24) is 0 Å². The van der Waals surface area contributed by atoms with E-state index >= 15 is 0 Å². The average Bonchev–Trinajstić information content (AvgIpc) is 2.77. The number of hydrogen-bond acceptors (Lipinski definition) is 0. The highest BCUT2D eigenvalue weighted by molar-refractivity contribution is 4.90. The highest BCUT2D eigenvalue weighted by Crippen LogP contribution is 2.23. The Labute approximate surface area is 204 Å². The Hall–Kier alpha value is -0.780. The summed E-state index contributed by atoms with van der Waals surface area (Å²) in [6.45, 7) is 14.7. The minimum atomic E-state index is 0.685. The number of allylic oxidation sites excluding steroid dienone is 4. The van der Waals surface area contributed by atoms with Crippen molar-refractivity contribution in [2.24, 2.45) is 11.8 Å². The van der Waals surface area contributed by atoms with Crippen molar-refractivity contribution in [3.63, 3.8) is 0 Å². The highest BCUT2D eigenvalue weighted by atomic mass is 14.1. The Kier molecular flexibility index (Phi) is 24.2. The Balaban J connectivity index is 3.80. The van der Waals surface area contributed by atoms with Gasteiger partial charge in [0.1, 0.15) is 0 Å². The standard InChI is InChI=1S/C32H60/c1-6-8-10-11-12-13-14-15-16-17-18-19-20-21-27-32(28-22-24-30(3)4)29-23-26-31(5)25-9-7-2/h7,23,26,31-32H,2-3,6,8-22,24-25,27-29H2,1,4-5H3. The monoisotopic (exact) mass is 444 g/mol. The van der Waals surface area contributed by atoms with Crippen LogP contribution >= 0.6 is 0 Å². The molecule has 0 bridgehead atoms. The molecule has 0 aromatic carbocycles. The number of rotatable bonds is 25. The first-order valence-corrected chi connectivity index (χ1v) is 14.5. The molecule has 0 heteroatoms. The third-order valence-corrected chi connectivity index (χ3v) is 6.94. The SMILES string of the molecule is C=CCCC(C)C=CCC(CCCCCCCCCCCCCCCC)CCCC(=C)C. The van der Waals surface area contributed by atoms with Crippen molar-refractivity contribution in [3.05, 3.63) is 37.0 Å². The summed E-state index contributed by atoms with van der Waals surface area (Å²) in [4.78, 5) is 0.